The Labute approximate surface area is 128 Å². The van der Waals surface area contributed by atoms with E-state index in [1.165, 1.54) is 0 Å². The minimum atomic E-state index is -4.22. The first-order valence-corrected chi connectivity index (χ1v) is 7.55. The lowest BCUT2D eigenvalue weighted by Crippen LogP contribution is -2.36. The lowest BCUT2D eigenvalue weighted by molar-refractivity contribution is -0.122. The third-order valence-electron chi connectivity index (χ3n) is 3.34. The number of carbonyl (C=O) groups excluding carboxylic acids is 1. The van der Waals surface area contributed by atoms with Crippen LogP contribution >= 0.6 is 24.2 Å². The van der Waals surface area contributed by atoms with Crippen LogP contribution in [0.25, 0.3) is 0 Å². The van der Waals surface area contributed by atoms with Crippen molar-refractivity contribution in [1.29, 1.82) is 0 Å². The highest BCUT2D eigenvalue weighted by Gasteiger charge is 2.27. The number of thioether (sulfide) groups is 1. The summed E-state index contributed by atoms with van der Waals surface area (Å²) in [4.78, 5) is 11.6. The van der Waals surface area contributed by atoms with Gasteiger partial charge < -0.3 is 10.6 Å². The zero-order chi connectivity index (χ0) is 14.3. The van der Waals surface area contributed by atoms with Gasteiger partial charge in [0.15, 0.2) is 0 Å². The summed E-state index contributed by atoms with van der Waals surface area (Å²) >= 11 is -0.102. The molecule has 1 fully saturated rings. The van der Waals surface area contributed by atoms with E-state index < -0.39 is 5.51 Å². The van der Waals surface area contributed by atoms with E-state index in [4.69, 9.17) is 0 Å². The summed E-state index contributed by atoms with van der Waals surface area (Å²) in [5, 5.41) is 5.84. The maximum atomic E-state index is 11.9. The van der Waals surface area contributed by atoms with E-state index in [1.54, 1.807) is 0 Å². The van der Waals surface area contributed by atoms with Crippen molar-refractivity contribution in [3.05, 3.63) is 0 Å². The van der Waals surface area contributed by atoms with Gasteiger partial charge in [-0.15, -0.1) is 12.4 Å². The molecule has 1 amide bonds. The summed E-state index contributed by atoms with van der Waals surface area (Å²) in [7, 11) is 0. The number of hydrogen-bond acceptors (Lipinski definition) is 3. The van der Waals surface area contributed by atoms with Gasteiger partial charge in [-0.1, -0.05) is 6.92 Å². The average Bonchev–Trinajstić information content (AvgIpc) is 2.34. The monoisotopic (exact) mass is 334 g/mol. The van der Waals surface area contributed by atoms with Crippen LogP contribution in [-0.4, -0.2) is 36.8 Å². The topological polar surface area (TPSA) is 41.1 Å². The fourth-order valence-corrected chi connectivity index (χ4v) is 2.69. The molecule has 2 unspecified atom stereocenters. The Bertz CT molecular complexity index is 286. The molecule has 0 bridgehead atoms. The highest BCUT2D eigenvalue weighted by atomic mass is 35.5. The summed E-state index contributed by atoms with van der Waals surface area (Å²) in [6, 6.07) is 0. The Morgan fingerprint density at radius 2 is 2.20 bits per heavy atom. The molecule has 120 valence electrons. The van der Waals surface area contributed by atoms with Gasteiger partial charge >= 0.3 is 5.51 Å². The van der Waals surface area contributed by atoms with Gasteiger partial charge in [0.25, 0.3) is 0 Å². The molecular formula is C12H22ClF3N2OS. The molecular weight excluding hydrogens is 313 g/mol. The molecule has 0 aromatic heterocycles. The first-order valence-electron chi connectivity index (χ1n) is 6.56. The molecule has 0 aromatic rings. The quantitative estimate of drug-likeness (QED) is 0.734. The fourth-order valence-electron chi connectivity index (χ4n) is 2.25. The molecule has 1 aliphatic heterocycles. The van der Waals surface area contributed by atoms with Gasteiger partial charge in [-0.2, -0.15) is 13.2 Å². The van der Waals surface area contributed by atoms with Crippen LogP contribution in [0, 0.1) is 11.8 Å². The second-order valence-electron chi connectivity index (χ2n) is 4.93. The maximum Gasteiger partial charge on any atom is 0.441 e. The van der Waals surface area contributed by atoms with Crippen LogP contribution < -0.4 is 10.6 Å². The number of hydrogen-bond donors (Lipinski definition) is 2. The van der Waals surface area contributed by atoms with Crippen molar-refractivity contribution in [3.63, 3.8) is 0 Å². The Hall–Kier alpha value is -0.140. The molecule has 3 nitrogen and oxygen atoms in total. The Kier molecular flexibility index (Phi) is 9.67. The van der Waals surface area contributed by atoms with E-state index in [9.17, 15) is 18.0 Å². The van der Waals surface area contributed by atoms with Crippen molar-refractivity contribution in [2.75, 3.05) is 25.4 Å². The Morgan fingerprint density at radius 1 is 1.50 bits per heavy atom. The van der Waals surface area contributed by atoms with Gasteiger partial charge in [-0.3, -0.25) is 4.79 Å². The molecule has 0 aromatic carbocycles. The average molecular weight is 335 g/mol. The number of carbonyl (C=O) groups is 1. The third kappa shape index (κ3) is 8.92. The molecule has 1 aliphatic rings. The van der Waals surface area contributed by atoms with Gasteiger partial charge in [0.1, 0.15) is 0 Å². The summed E-state index contributed by atoms with van der Waals surface area (Å²) in [6.07, 6.45) is 2.63. The molecule has 0 spiro atoms. The van der Waals surface area contributed by atoms with Crippen LogP contribution in [0.15, 0.2) is 0 Å². The smallest absolute Gasteiger partial charge is 0.355 e. The molecule has 0 saturated carbocycles. The standard InChI is InChI=1S/C12H21F3N2OS.ClH/c1-9(10-3-2-4-16-8-10)7-11(18)17-5-6-19-12(13,14)15;/h9-10,16H,2-8H2,1H3,(H,17,18);1H. The van der Waals surface area contributed by atoms with Crippen molar-refractivity contribution < 1.29 is 18.0 Å². The predicted molar refractivity (Wildman–Crippen MR) is 78.1 cm³/mol. The van der Waals surface area contributed by atoms with Crippen LogP contribution in [0.2, 0.25) is 0 Å². The van der Waals surface area contributed by atoms with Crippen molar-refractivity contribution in [1.82, 2.24) is 10.6 Å². The van der Waals surface area contributed by atoms with Gasteiger partial charge in [-0.05, 0) is 49.5 Å². The van der Waals surface area contributed by atoms with Crippen molar-refractivity contribution in [3.8, 4) is 0 Å². The molecule has 2 N–H and O–H groups in total. The normalized spacial score (nSPS) is 20.9. The number of alkyl halides is 3. The third-order valence-corrected chi connectivity index (χ3v) is 4.07. The molecule has 1 heterocycles. The molecule has 1 rings (SSSR count). The van der Waals surface area contributed by atoms with Gasteiger partial charge in [-0.25, -0.2) is 0 Å². The van der Waals surface area contributed by atoms with E-state index in [0.717, 1.165) is 25.9 Å². The number of rotatable bonds is 6. The predicted octanol–water partition coefficient (Wildman–Crippen LogP) is 2.80. The lowest BCUT2D eigenvalue weighted by Gasteiger charge is -2.28. The van der Waals surface area contributed by atoms with Crippen LogP contribution in [0.4, 0.5) is 13.2 Å². The first-order chi connectivity index (χ1) is 8.88. The van der Waals surface area contributed by atoms with E-state index in [0.29, 0.717) is 12.3 Å². The van der Waals surface area contributed by atoms with Gasteiger partial charge in [0.2, 0.25) is 5.91 Å². The second-order valence-corrected chi connectivity index (χ2v) is 6.09. The highest BCUT2D eigenvalue weighted by Crippen LogP contribution is 2.29. The largest absolute Gasteiger partial charge is 0.441 e. The maximum absolute atomic E-state index is 11.9. The van der Waals surface area contributed by atoms with Crippen molar-refractivity contribution >= 4 is 30.1 Å². The molecule has 20 heavy (non-hydrogen) atoms. The number of amides is 1. The fraction of sp³-hybridized carbons (Fsp3) is 0.917. The zero-order valence-corrected chi connectivity index (χ0v) is 13.1. The summed E-state index contributed by atoms with van der Waals surface area (Å²) < 4.78 is 35.6. The summed E-state index contributed by atoms with van der Waals surface area (Å²) in [5.74, 6) is 0.474. The number of nitrogens with one attached hydrogen (secondary N) is 2. The lowest BCUT2D eigenvalue weighted by atomic mass is 9.85. The molecule has 0 aliphatic carbocycles. The molecule has 1 saturated heterocycles. The minimum absolute atomic E-state index is 0. The van der Waals surface area contributed by atoms with Gasteiger partial charge in [0, 0.05) is 18.7 Å². The number of piperidine rings is 1. The Balaban J connectivity index is 0.00000361. The minimum Gasteiger partial charge on any atom is -0.355 e. The summed E-state index contributed by atoms with van der Waals surface area (Å²) in [6.45, 7) is 4.06. The van der Waals surface area contributed by atoms with E-state index in [1.807, 2.05) is 6.92 Å². The second kappa shape index (κ2) is 9.73. The molecule has 8 heteroatoms. The highest BCUT2D eigenvalue weighted by molar-refractivity contribution is 8.00. The summed E-state index contributed by atoms with van der Waals surface area (Å²) in [5.41, 5.74) is -4.22. The molecule has 2 atom stereocenters. The van der Waals surface area contributed by atoms with Crippen LogP contribution in [0.5, 0.6) is 0 Å². The van der Waals surface area contributed by atoms with Crippen molar-refractivity contribution in [2.24, 2.45) is 11.8 Å². The van der Waals surface area contributed by atoms with Gasteiger partial charge in [0.05, 0.1) is 0 Å². The SMILES string of the molecule is CC(CC(=O)NCCSC(F)(F)F)C1CCCNC1.Cl. The van der Waals surface area contributed by atoms with Crippen LogP contribution in [0.3, 0.4) is 0 Å². The van der Waals surface area contributed by atoms with E-state index in [-0.39, 0.29) is 48.3 Å². The van der Waals surface area contributed by atoms with Crippen LogP contribution in [-0.2, 0) is 4.79 Å². The number of halogens is 4. The van der Waals surface area contributed by atoms with Crippen molar-refractivity contribution in [2.45, 2.75) is 31.7 Å². The first kappa shape index (κ1) is 19.9. The molecule has 0 radical (unpaired) electrons. The van der Waals surface area contributed by atoms with Crippen LogP contribution in [0.1, 0.15) is 26.2 Å². The van der Waals surface area contributed by atoms with E-state index >= 15 is 0 Å². The Morgan fingerprint density at radius 3 is 2.75 bits per heavy atom. The van der Waals surface area contributed by atoms with E-state index in [2.05, 4.69) is 10.6 Å². The zero-order valence-electron chi connectivity index (χ0n) is 11.5.